The molecule has 0 spiro atoms. The van der Waals surface area contributed by atoms with Crippen molar-refractivity contribution < 1.29 is 4.74 Å². The second kappa shape index (κ2) is 7.13. The lowest BCUT2D eigenvalue weighted by atomic mass is 9.97. The second-order valence-corrected chi connectivity index (χ2v) is 5.43. The molecule has 0 aliphatic carbocycles. The molecule has 1 heterocycles. The number of rotatable bonds is 6. The van der Waals surface area contributed by atoms with Gasteiger partial charge in [0.15, 0.2) is 0 Å². The maximum atomic E-state index is 5.86. The molecule has 1 aliphatic rings. The zero-order valence-corrected chi connectivity index (χ0v) is 11.7. The van der Waals surface area contributed by atoms with E-state index in [1.165, 1.54) is 11.1 Å². The molecule has 1 aromatic carbocycles. The fraction of sp³-hybridized carbons (Fsp3) is 0.600. The molecule has 2 nitrogen and oxygen atoms in total. The number of benzene rings is 1. The van der Waals surface area contributed by atoms with Gasteiger partial charge in [0, 0.05) is 12.4 Å². The minimum absolute atomic E-state index is 0.207. The molecule has 0 saturated carbocycles. The highest BCUT2D eigenvalue weighted by Crippen LogP contribution is 2.26. The van der Waals surface area contributed by atoms with E-state index in [0.29, 0.717) is 5.92 Å². The van der Waals surface area contributed by atoms with Crippen molar-refractivity contribution in [2.45, 2.75) is 25.9 Å². The third-order valence-corrected chi connectivity index (χ3v) is 3.74. The summed E-state index contributed by atoms with van der Waals surface area (Å²) in [5.41, 5.74) is 2.78. The molecule has 0 amide bonds. The highest BCUT2D eigenvalue weighted by molar-refractivity contribution is 6.17. The summed E-state index contributed by atoms with van der Waals surface area (Å²) in [5.74, 6) is 1.37. The molecule has 100 valence electrons. The van der Waals surface area contributed by atoms with Crippen LogP contribution >= 0.6 is 11.6 Å². The molecule has 0 radical (unpaired) electrons. The van der Waals surface area contributed by atoms with Gasteiger partial charge in [-0.2, -0.15) is 0 Å². The number of hydrogen-bond acceptors (Lipinski definition) is 2. The molecule has 2 unspecified atom stereocenters. The van der Waals surface area contributed by atoms with Crippen molar-refractivity contribution in [3.8, 4) is 0 Å². The summed E-state index contributed by atoms with van der Waals surface area (Å²) in [6.07, 6.45) is 2.31. The van der Waals surface area contributed by atoms with Crippen LogP contribution in [0, 0.1) is 5.92 Å². The third kappa shape index (κ3) is 3.71. The third-order valence-electron chi connectivity index (χ3n) is 3.52. The van der Waals surface area contributed by atoms with Gasteiger partial charge in [0.2, 0.25) is 0 Å². The van der Waals surface area contributed by atoms with E-state index in [-0.39, 0.29) is 6.10 Å². The predicted octanol–water partition coefficient (Wildman–Crippen LogP) is 3.16. The van der Waals surface area contributed by atoms with Crippen molar-refractivity contribution in [2.75, 3.05) is 25.6 Å². The number of fused-ring (bicyclic) bond motifs is 1. The van der Waals surface area contributed by atoms with E-state index >= 15 is 0 Å². The summed E-state index contributed by atoms with van der Waals surface area (Å²) in [6, 6.07) is 8.60. The van der Waals surface area contributed by atoms with Crippen molar-refractivity contribution in [1.82, 2.24) is 5.32 Å². The Kier molecular flexibility index (Phi) is 5.48. The maximum Gasteiger partial charge on any atom is 0.0952 e. The molecule has 2 rings (SSSR count). The molecule has 1 aromatic rings. The van der Waals surface area contributed by atoms with E-state index in [9.17, 15) is 0 Å². The summed E-state index contributed by atoms with van der Waals surface area (Å²) in [4.78, 5) is 0. The molecular formula is C15H22ClNO. The summed E-state index contributed by atoms with van der Waals surface area (Å²) in [6.45, 7) is 4.96. The van der Waals surface area contributed by atoms with Crippen LogP contribution in [0.1, 0.15) is 30.6 Å². The monoisotopic (exact) mass is 267 g/mol. The van der Waals surface area contributed by atoms with Gasteiger partial charge >= 0.3 is 0 Å². The van der Waals surface area contributed by atoms with Crippen LogP contribution in [0.25, 0.3) is 0 Å². The molecule has 0 saturated heterocycles. The van der Waals surface area contributed by atoms with Gasteiger partial charge in [0.1, 0.15) is 0 Å². The maximum absolute atomic E-state index is 5.86. The Hall–Kier alpha value is -0.570. The van der Waals surface area contributed by atoms with Crippen molar-refractivity contribution in [3.63, 3.8) is 0 Å². The van der Waals surface area contributed by atoms with E-state index in [1.54, 1.807) is 0 Å². The van der Waals surface area contributed by atoms with Crippen molar-refractivity contribution in [2.24, 2.45) is 5.92 Å². The first kappa shape index (κ1) is 13.9. The lowest BCUT2D eigenvalue weighted by Gasteiger charge is -2.26. The molecule has 0 fully saturated rings. The van der Waals surface area contributed by atoms with Gasteiger partial charge in [0.05, 0.1) is 12.7 Å². The molecule has 0 bridgehead atoms. The van der Waals surface area contributed by atoms with Gasteiger partial charge < -0.3 is 10.1 Å². The van der Waals surface area contributed by atoms with Gasteiger partial charge in [-0.1, -0.05) is 31.2 Å². The lowest BCUT2D eigenvalue weighted by molar-refractivity contribution is 0.0421. The Morgan fingerprint density at radius 1 is 1.44 bits per heavy atom. The van der Waals surface area contributed by atoms with Crippen molar-refractivity contribution >= 4 is 11.6 Å². The van der Waals surface area contributed by atoms with Gasteiger partial charge in [-0.15, -0.1) is 11.6 Å². The number of ether oxygens (including phenoxy) is 1. The lowest BCUT2D eigenvalue weighted by Crippen LogP contribution is -2.30. The average Bonchev–Trinajstić information content (AvgIpc) is 2.39. The molecular weight excluding hydrogens is 246 g/mol. The van der Waals surface area contributed by atoms with Crippen LogP contribution in [0.4, 0.5) is 0 Å². The van der Waals surface area contributed by atoms with Crippen LogP contribution in [0.5, 0.6) is 0 Å². The van der Waals surface area contributed by atoms with Gasteiger partial charge in [0.25, 0.3) is 0 Å². The Bertz CT molecular complexity index is 369. The minimum Gasteiger partial charge on any atom is -0.372 e. The minimum atomic E-state index is 0.207. The van der Waals surface area contributed by atoms with Crippen LogP contribution in [0.3, 0.4) is 0 Å². The Labute approximate surface area is 115 Å². The van der Waals surface area contributed by atoms with Crippen LogP contribution < -0.4 is 5.32 Å². The van der Waals surface area contributed by atoms with Crippen LogP contribution in [-0.2, 0) is 11.2 Å². The quantitative estimate of drug-likeness (QED) is 0.800. The highest BCUT2D eigenvalue weighted by Gasteiger charge is 2.19. The summed E-state index contributed by atoms with van der Waals surface area (Å²) in [7, 11) is 0. The van der Waals surface area contributed by atoms with Crippen molar-refractivity contribution in [3.05, 3.63) is 35.4 Å². The Morgan fingerprint density at radius 3 is 3.11 bits per heavy atom. The molecule has 18 heavy (non-hydrogen) atoms. The summed E-state index contributed by atoms with van der Waals surface area (Å²) in [5, 5.41) is 3.50. The number of alkyl halides is 1. The SMILES string of the molecule is CC(CCCl)CNCC1OCCc2ccccc21. The van der Waals surface area contributed by atoms with E-state index < -0.39 is 0 Å². The molecule has 2 atom stereocenters. The smallest absolute Gasteiger partial charge is 0.0952 e. The van der Waals surface area contributed by atoms with E-state index in [1.807, 2.05) is 0 Å². The van der Waals surface area contributed by atoms with E-state index in [4.69, 9.17) is 16.3 Å². The van der Waals surface area contributed by atoms with Crippen LogP contribution in [0.15, 0.2) is 24.3 Å². The Morgan fingerprint density at radius 2 is 2.28 bits per heavy atom. The first-order chi connectivity index (χ1) is 8.81. The fourth-order valence-corrected chi connectivity index (χ4v) is 2.77. The van der Waals surface area contributed by atoms with Gasteiger partial charge in [-0.25, -0.2) is 0 Å². The largest absolute Gasteiger partial charge is 0.372 e. The van der Waals surface area contributed by atoms with E-state index in [2.05, 4.69) is 36.5 Å². The number of hydrogen-bond donors (Lipinski definition) is 1. The molecule has 1 aliphatic heterocycles. The first-order valence-electron chi connectivity index (χ1n) is 6.77. The summed E-state index contributed by atoms with van der Waals surface area (Å²) < 4.78 is 5.86. The predicted molar refractivity (Wildman–Crippen MR) is 76.2 cm³/mol. The van der Waals surface area contributed by atoms with Gasteiger partial charge in [-0.05, 0) is 36.4 Å². The zero-order chi connectivity index (χ0) is 12.8. The van der Waals surface area contributed by atoms with Crippen LogP contribution in [0.2, 0.25) is 0 Å². The normalized spacial score (nSPS) is 20.4. The molecule has 1 N–H and O–H groups in total. The fourth-order valence-electron chi connectivity index (χ4n) is 2.39. The zero-order valence-electron chi connectivity index (χ0n) is 11.0. The summed E-state index contributed by atoms with van der Waals surface area (Å²) >= 11 is 5.74. The van der Waals surface area contributed by atoms with Gasteiger partial charge in [-0.3, -0.25) is 0 Å². The highest BCUT2D eigenvalue weighted by atomic mass is 35.5. The molecule has 3 heteroatoms. The molecule has 0 aromatic heterocycles. The first-order valence-corrected chi connectivity index (χ1v) is 7.30. The number of nitrogens with one attached hydrogen (secondary N) is 1. The second-order valence-electron chi connectivity index (χ2n) is 5.05. The van der Waals surface area contributed by atoms with Crippen LogP contribution in [-0.4, -0.2) is 25.6 Å². The van der Waals surface area contributed by atoms with E-state index in [0.717, 1.165) is 38.4 Å². The average molecular weight is 268 g/mol. The number of halogens is 1. The standard InChI is InChI=1S/C15H22ClNO/c1-12(6-8-16)10-17-11-15-14-5-3-2-4-13(14)7-9-18-15/h2-5,12,15,17H,6-11H2,1H3. The topological polar surface area (TPSA) is 21.3 Å². The Balaban J connectivity index is 1.84. The van der Waals surface area contributed by atoms with Crippen molar-refractivity contribution in [1.29, 1.82) is 0 Å².